The number of aromatic nitrogens is 1. The summed E-state index contributed by atoms with van der Waals surface area (Å²) in [6.45, 7) is 8.18. The second kappa shape index (κ2) is 5.19. The average Bonchev–Trinajstić information content (AvgIpc) is 2.63. The van der Waals surface area contributed by atoms with Gasteiger partial charge in [-0.05, 0) is 24.0 Å². The lowest BCUT2D eigenvalue weighted by molar-refractivity contribution is 0.0375. The Morgan fingerprint density at radius 2 is 2.00 bits per heavy atom. The first-order chi connectivity index (χ1) is 9.29. The zero-order valence-corrected chi connectivity index (χ0v) is 12.5. The number of hydrogen-bond donors (Lipinski definition) is 2. The summed E-state index contributed by atoms with van der Waals surface area (Å²) in [5.74, 6) is 0. The Morgan fingerprint density at radius 3 is 2.60 bits per heavy atom. The quantitative estimate of drug-likeness (QED) is 0.899. The second-order valence-electron chi connectivity index (χ2n) is 6.27. The highest BCUT2D eigenvalue weighted by Gasteiger charge is 2.29. The van der Waals surface area contributed by atoms with Crippen molar-refractivity contribution in [2.24, 2.45) is 11.1 Å². The van der Waals surface area contributed by atoms with E-state index in [-0.39, 0.29) is 11.5 Å². The minimum absolute atomic E-state index is 0.167. The SMILES string of the molecule is Cc1[nH]c2ccccc2c1CC(OC(N)=O)C(C)(C)C. The topological polar surface area (TPSA) is 68.1 Å². The molecule has 4 nitrogen and oxygen atoms in total. The van der Waals surface area contributed by atoms with Gasteiger partial charge >= 0.3 is 6.09 Å². The third kappa shape index (κ3) is 2.95. The molecule has 0 spiro atoms. The Morgan fingerprint density at radius 1 is 1.35 bits per heavy atom. The number of H-pyrrole nitrogens is 1. The van der Waals surface area contributed by atoms with E-state index in [1.54, 1.807) is 0 Å². The van der Waals surface area contributed by atoms with E-state index in [9.17, 15) is 4.79 Å². The summed E-state index contributed by atoms with van der Waals surface area (Å²) < 4.78 is 5.32. The van der Waals surface area contributed by atoms with Crippen LogP contribution in [0.2, 0.25) is 0 Å². The summed E-state index contributed by atoms with van der Waals surface area (Å²) in [5.41, 5.74) is 8.42. The highest BCUT2D eigenvalue weighted by molar-refractivity contribution is 5.84. The van der Waals surface area contributed by atoms with Crippen molar-refractivity contribution in [2.75, 3.05) is 0 Å². The lowest BCUT2D eigenvalue weighted by Gasteiger charge is -2.29. The third-order valence-corrected chi connectivity index (χ3v) is 3.64. The molecule has 1 aromatic carbocycles. The van der Waals surface area contributed by atoms with Crippen molar-refractivity contribution in [3.8, 4) is 0 Å². The molecular formula is C16H22N2O2. The molecule has 0 bridgehead atoms. The Kier molecular flexibility index (Phi) is 3.75. The number of nitrogens with one attached hydrogen (secondary N) is 1. The molecule has 0 saturated carbocycles. The van der Waals surface area contributed by atoms with Gasteiger partial charge in [-0.15, -0.1) is 0 Å². The fourth-order valence-corrected chi connectivity index (χ4v) is 2.45. The van der Waals surface area contributed by atoms with Crippen molar-refractivity contribution in [1.82, 2.24) is 4.98 Å². The number of carbonyl (C=O) groups is 1. The van der Waals surface area contributed by atoms with Crippen LogP contribution in [-0.4, -0.2) is 17.2 Å². The number of aryl methyl sites for hydroxylation is 1. The molecule has 0 aliphatic heterocycles. The number of rotatable bonds is 3. The molecule has 1 amide bonds. The van der Waals surface area contributed by atoms with E-state index < -0.39 is 6.09 Å². The number of ether oxygens (including phenoxy) is 1. The first kappa shape index (κ1) is 14.4. The summed E-state index contributed by atoms with van der Waals surface area (Å²) in [5, 5.41) is 1.17. The highest BCUT2D eigenvalue weighted by Crippen LogP contribution is 2.30. The lowest BCUT2D eigenvalue weighted by Crippen LogP contribution is -2.35. The van der Waals surface area contributed by atoms with Crippen LogP contribution in [0.5, 0.6) is 0 Å². The summed E-state index contributed by atoms with van der Waals surface area (Å²) in [7, 11) is 0. The molecule has 0 aliphatic rings. The number of hydrogen-bond acceptors (Lipinski definition) is 2. The molecule has 0 saturated heterocycles. The van der Waals surface area contributed by atoms with E-state index in [1.807, 2.05) is 45.9 Å². The lowest BCUT2D eigenvalue weighted by atomic mass is 9.84. The third-order valence-electron chi connectivity index (χ3n) is 3.64. The van der Waals surface area contributed by atoms with Gasteiger partial charge in [0.2, 0.25) is 0 Å². The van der Waals surface area contributed by atoms with E-state index in [1.165, 1.54) is 10.9 Å². The van der Waals surface area contributed by atoms with E-state index in [0.717, 1.165) is 11.2 Å². The van der Waals surface area contributed by atoms with Crippen molar-refractivity contribution in [3.63, 3.8) is 0 Å². The summed E-state index contributed by atoms with van der Waals surface area (Å²) >= 11 is 0. The molecule has 2 rings (SSSR count). The van der Waals surface area contributed by atoms with Crippen molar-refractivity contribution in [2.45, 2.75) is 40.2 Å². The largest absolute Gasteiger partial charge is 0.445 e. The molecule has 3 N–H and O–H groups in total. The molecule has 2 aromatic rings. The average molecular weight is 274 g/mol. The number of benzene rings is 1. The van der Waals surface area contributed by atoms with Crippen molar-refractivity contribution >= 4 is 17.0 Å². The number of amides is 1. The van der Waals surface area contributed by atoms with Gasteiger partial charge in [0.1, 0.15) is 6.10 Å². The molecule has 0 fully saturated rings. The molecule has 1 unspecified atom stereocenters. The van der Waals surface area contributed by atoms with Gasteiger partial charge in [-0.25, -0.2) is 4.79 Å². The first-order valence-electron chi connectivity index (χ1n) is 6.81. The van der Waals surface area contributed by atoms with Gasteiger partial charge in [0.15, 0.2) is 0 Å². The number of aromatic amines is 1. The predicted molar refractivity (Wildman–Crippen MR) is 80.7 cm³/mol. The number of fused-ring (bicyclic) bond motifs is 1. The standard InChI is InChI=1S/C16H22N2O2/c1-10-12(11-7-5-6-8-13(11)18-10)9-14(16(2,3)4)20-15(17)19/h5-8,14,18H,9H2,1-4H3,(H2,17,19). The maximum Gasteiger partial charge on any atom is 0.404 e. The zero-order valence-electron chi connectivity index (χ0n) is 12.5. The van der Waals surface area contributed by atoms with Crippen LogP contribution < -0.4 is 5.73 Å². The van der Waals surface area contributed by atoms with Gasteiger partial charge in [-0.1, -0.05) is 39.0 Å². The van der Waals surface area contributed by atoms with Crippen LogP contribution in [0.4, 0.5) is 4.79 Å². The number of carbonyl (C=O) groups excluding carboxylic acids is 1. The molecule has 1 heterocycles. The van der Waals surface area contributed by atoms with Crippen LogP contribution in [0, 0.1) is 12.3 Å². The summed E-state index contributed by atoms with van der Waals surface area (Å²) in [6.07, 6.45) is -0.317. The van der Waals surface area contributed by atoms with E-state index in [2.05, 4.69) is 11.1 Å². The van der Waals surface area contributed by atoms with Crippen LogP contribution in [0.1, 0.15) is 32.0 Å². The Bertz CT molecular complexity index is 623. The molecule has 108 valence electrons. The number of nitrogens with two attached hydrogens (primary N) is 1. The van der Waals surface area contributed by atoms with Crippen molar-refractivity contribution < 1.29 is 9.53 Å². The van der Waals surface area contributed by atoms with Gasteiger partial charge in [0.05, 0.1) is 0 Å². The number of primary amides is 1. The Balaban J connectivity index is 2.38. The Labute approximate surface area is 119 Å². The van der Waals surface area contributed by atoms with Crippen LogP contribution >= 0.6 is 0 Å². The van der Waals surface area contributed by atoms with Crippen LogP contribution in [0.15, 0.2) is 24.3 Å². The van der Waals surface area contributed by atoms with Crippen molar-refractivity contribution in [1.29, 1.82) is 0 Å². The van der Waals surface area contributed by atoms with E-state index in [4.69, 9.17) is 10.5 Å². The van der Waals surface area contributed by atoms with E-state index in [0.29, 0.717) is 6.42 Å². The molecule has 4 heteroatoms. The van der Waals surface area contributed by atoms with Crippen molar-refractivity contribution in [3.05, 3.63) is 35.5 Å². The first-order valence-corrected chi connectivity index (χ1v) is 6.81. The fourth-order valence-electron chi connectivity index (χ4n) is 2.45. The molecule has 0 aliphatic carbocycles. The van der Waals surface area contributed by atoms with Gasteiger partial charge in [-0.3, -0.25) is 0 Å². The maximum absolute atomic E-state index is 11.1. The molecule has 20 heavy (non-hydrogen) atoms. The van der Waals surface area contributed by atoms with Gasteiger partial charge in [0.25, 0.3) is 0 Å². The minimum Gasteiger partial charge on any atom is -0.445 e. The minimum atomic E-state index is -0.720. The molecule has 0 radical (unpaired) electrons. The van der Waals surface area contributed by atoms with Crippen LogP contribution in [0.3, 0.4) is 0 Å². The van der Waals surface area contributed by atoms with Crippen LogP contribution in [-0.2, 0) is 11.2 Å². The van der Waals surface area contributed by atoms with Gasteiger partial charge < -0.3 is 15.5 Å². The second-order valence-corrected chi connectivity index (χ2v) is 6.27. The molecule has 1 aromatic heterocycles. The normalized spacial score (nSPS) is 13.4. The zero-order chi connectivity index (χ0) is 14.9. The molecular weight excluding hydrogens is 252 g/mol. The number of para-hydroxylation sites is 1. The van der Waals surface area contributed by atoms with Gasteiger partial charge in [0, 0.05) is 23.0 Å². The predicted octanol–water partition coefficient (Wildman–Crippen LogP) is 3.53. The smallest absolute Gasteiger partial charge is 0.404 e. The highest BCUT2D eigenvalue weighted by atomic mass is 16.6. The summed E-state index contributed by atoms with van der Waals surface area (Å²) in [4.78, 5) is 14.5. The van der Waals surface area contributed by atoms with E-state index >= 15 is 0 Å². The molecule has 1 atom stereocenters. The van der Waals surface area contributed by atoms with Crippen LogP contribution in [0.25, 0.3) is 10.9 Å². The maximum atomic E-state index is 11.1. The van der Waals surface area contributed by atoms with Gasteiger partial charge in [-0.2, -0.15) is 0 Å². The summed E-state index contributed by atoms with van der Waals surface area (Å²) in [6, 6.07) is 8.15. The fraction of sp³-hybridized carbons (Fsp3) is 0.438. The Hall–Kier alpha value is -1.97. The monoisotopic (exact) mass is 274 g/mol.